The van der Waals surface area contributed by atoms with Gasteiger partial charge in [-0.25, -0.2) is 8.42 Å². The average Bonchev–Trinajstić information content (AvgIpc) is 2.36. The number of nitrogens with one attached hydrogen (secondary N) is 1. The van der Waals surface area contributed by atoms with Gasteiger partial charge in [-0.05, 0) is 24.3 Å². The van der Waals surface area contributed by atoms with E-state index in [9.17, 15) is 13.5 Å². The smallest absolute Gasteiger partial charge is 0.261 e. The third kappa shape index (κ3) is 2.38. The molecule has 0 aromatic heterocycles. The van der Waals surface area contributed by atoms with Crippen molar-refractivity contribution < 1.29 is 13.5 Å². The lowest BCUT2D eigenvalue weighted by Crippen LogP contribution is -2.13. The van der Waals surface area contributed by atoms with Crippen LogP contribution in [0.25, 0.3) is 0 Å². The second kappa shape index (κ2) is 4.58. The summed E-state index contributed by atoms with van der Waals surface area (Å²) in [5, 5.41) is 9.41. The maximum absolute atomic E-state index is 12.0. The normalized spacial score (nSPS) is 11.1. The molecule has 0 fully saturated rings. The molecule has 0 heterocycles. The molecule has 0 aliphatic heterocycles. The quantitative estimate of drug-likeness (QED) is 0.582. The van der Waals surface area contributed by atoms with E-state index in [0.29, 0.717) is 0 Å². The summed E-state index contributed by atoms with van der Waals surface area (Å²) in [6.07, 6.45) is 0. The van der Waals surface area contributed by atoms with Crippen LogP contribution in [0, 0.1) is 0 Å². The van der Waals surface area contributed by atoms with Crippen molar-refractivity contribution in [3.63, 3.8) is 0 Å². The maximum atomic E-state index is 12.0. The molecule has 0 unspecified atom stereocenters. The molecule has 0 bridgehead atoms. The van der Waals surface area contributed by atoms with Crippen molar-refractivity contribution in [2.24, 2.45) is 0 Å². The number of aromatic hydroxyl groups is 1. The Labute approximate surface area is 105 Å². The largest absolute Gasteiger partial charge is 0.506 e. The number of phenolic OH excluding ortho intramolecular Hbond substituents is 1. The molecular weight excluding hydrogens is 252 g/mol. The molecule has 94 valence electrons. The lowest BCUT2D eigenvalue weighted by molar-refractivity contribution is 0.478. The van der Waals surface area contributed by atoms with Gasteiger partial charge in [-0.2, -0.15) is 0 Å². The van der Waals surface area contributed by atoms with Gasteiger partial charge in [0, 0.05) is 0 Å². The molecule has 0 saturated carbocycles. The molecule has 0 radical (unpaired) electrons. The highest BCUT2D eigenvalue weighted by molar-refractivity contribution is 7.92. The number of sulfonamides is 1. The summed E-state index contributed by atoms with van der Waals surface area (Å²) >= 11 is 0. The first-order chi connectivity index (χ1) is 8.50. The maximum Gasteiger partial charge on any atom is 0.261 e. The lowest BCUT2D eigenvalue weighted by Gasteiger charge is -2.10. The number of anilines is 2. The standard InChI is InChI=1S/C12H12N2O3S/c13-12-10(7-4-8-11(12)15)14-18(16,17)9-5-2-1-3-6-9/h1-8,14-15H,13H2. The van der Waals surface area contributed by atoms with E-state index in [2.05, 4.69) is 4.72 Å². The Morgan fingerprint density at radius 2 is 1.67 bits per heavy atom. The highest BCUT2D eigenvalue weighted by Crippen LogP contribution is 2.29. The van der Waals surface area contributed by atoms with E-state index in [0.717, 1.165) is 0 Å². The van der Waals surface area contributed by atoms with Crippen LogP contribution >= 0.6 is 0 Å². The summed E-state index contributed by atoms with van der Waals surface area (Å²) in [4.78, 5) is 0.132. The first kappa shape index (κ1) is 12.3. The fourth-order valence-corrected chi connectivity index (χ4v) is 2.55. The van der Waals surface area contributed by atoms with E-state index in [4.69, 9.17) is 5.73 Å². The Bertz CT molecular complexity index is 654. The molecule has 5 nitrogen and oxygen atoms in total. The van der Waals surface area contributed by atoms with Crippen LogP contribution in [0.2, 0.25) is 0 Å². The van der Waals surface area contributed by atoms with E-state index in [1.54, 1.807) is 18.2 Å². The van der Waals surface area contributed by atoms with Crippen LogP contribution in [0.1, 0.15) is 0 Å². The molecule has 2 aromatic carbocycles. The van der Waals surface area contributed by atoms with Gasteiger partial charge in [-0.3, -0.25) is 4.72 Å². The van der Waals surface area contributed by atoms with Crippen molar-refractivity contribution in [2.75, 3.05) is 10.5 Å². The second-order valence-electron chi connectivity index (χ2n) is 3.66. The van der Waals surface area contributed by atoms with Crippen LogP contribution < -0.4 is 10.5 Å². The number of nitrogen functional groups attached to an aromatic ring is 1. The first-order valence-corrected chi connectivity index (χ1v) is 6.64. The summed E-state index contributed by atoms with van der Waals surface area (Å²) in [5.74, 6) is -0.164. The molecule has 6 heteroatoms. The molecule has 0 atom stereocenters. The highest BCUT2D eigenvalue weighted by Gasteiger charge is 2.15. The zero-order valence-corrected chi connectivity index (χ0v) is 10.2. The molecule has 4 N–H and O–H groups in total. The number of benzene rings is 2. The van der Waals surface area contributed by atoms with Crippen LogP contribution in [-0.2, 0) is 10.0 Å². The van der Waals surface area contributed by atoms with Gasteiger partial charge in [0.05, 0.1) is 16.3 Å². The molecule has 0 amide bonds. The van der Waals surface area contributed by atoms with Gasteiger partial charge < -0.3 is 10.8 Å². The zero-order chi connectivity index (χ0) is 13.2. The lowest BCUT2D eigenvalue weighted by atomic mass is 10.2. The summed E-state index contributed by atoms with van der Waals surface area (Å²) < 4.78 is 26.4. The van der Waals surface area contributed by atoms with Gasteiger partial charge in [0.1, 0.15) is 5.75 Å². The van der Waals surface area contributed by atoms with Gasteiger partial charge in [0.2, 0.25) is 0 Å². The van der Waals surface area contributed by atoms with Crippen molar-refractivity contribution in [1.82, 2.24) is 0 Å². The minimum Gasteiger partial charge on any atom is -0.506 e. The molecule has 0 aliphatic carbocycles. The van der Waals surface area contributed by atoms with Gasteiger partial charge in [-0.1, -0.05) is 24.3 Å². The second-order valence-corrected chi connectivity index (χ2v) is 5.34. The first-order valence-electron chi connectivity index (χ1n) is 5.16. The highest BCUT2D eigenvalue weighted by atomic mass is 32.2. The van der Waals surface area contributed by atoms with Crippen molar-refractivity contribution in [1.29, 1.82) is 0 Å². The van der Waals surface area contributed by atoms with Crippen molar-refractivity contribution in [3.05, 3.63) is 48.5 Å². The Balaban J connectivity index is 2.37. The minimum absolute atomic E-state index is 0.00277. The van der Waals surface area contributed by atoms with Gasteiger partial charge >= 0.3 is 0 Å². The third-order valence-electron chi connectivity index (χ3n) is 2.38. The van der Waals surface area contributed by atoms with Gasteiger partial charge in [0.15, 0.2) is 0 Å². The molecule has 0 spiro atoms. The Morgan fingerprint density at radius 3 is 2.33 bits per heavy atom. The van der Waals surface area contributed by atoms with E-state index < -0.39 is 10.0 Å². The zero-order valence-electron chi connectivity index (χ0n) is 9.37. The Kier molecular flexibility index (Phi) is 3.12. The summed E-state index contributed by atoms with van der Waals surface area (Å²) in [5.41, 5.74) is 5.74. The summed E-state index contributed by atoms with van der Waals surface area (Å²) in [6, 6.07) is 12.3. The predicted molar refractivity (Wildman–Crippen MR) is 69.8 cm³/mol. The fourth-order valence-electron chi connectivity index (χ4n) is 1.45. The number of para-hydroxylation sites is 1. The van der Waals surface area contributed by atoms with E-state index in [1.165, 1.54) is 30.3 Å². The van der Waals surface area contributed by atoms with Crippen molar-refractivity contribution >= 4 is 21.4 Å². The minimum atomic E-state index is -3.69. The van der Waals surface area contributed by atoms with Crippen molar-refractivity contribution in [3.8, 4) is 5.75 Å². The molecule has 0 saturated heterocycles. The van der Waals surface area contributed by atoms with Crippen LogP contribution in [0.4, 0.5) is 11.4 Å². The molecular formula is C12H12N2O3S. The Morgan fingerprint density at radius 1 is 1.00 bits per heavy atom. The number of phenols is 1. The molecule has 0 aliphatic rings. The predicted octanol–water partition coefficient (Wildman–Crippen LogP) is 1.78. The Hall–Kier alpha value is -2.21. The van der Waals surface area contributed by atoms with E-state index in [-0.39, 0.29) is 22.0 Å². The van der Waals surface area contributed by atoms with Crippen LogP contribution in [-0.4, -0.2) is 13.5 Å². The number of nitrogens with two attached hydrogens (primary N) is 1. The topological polar surface area (TPSA) is 92.4 Å². The van der Waals surface area contributed by atoms with Crippen LogP contribution in [0.3, 0.4) is 0 Å². The monoisotopic (exact) mass is 264 g/mol. The van der Waals surface area contributed by atoms with Crippen LogP contribution in [0.15, 0.2) is 53.4 Å². The summed E-state index contributed by atoms with van der Waals surface area (Å²) in [7, 11) is -3.69. The number of hydrogen-bond donors (Lipinski definition) is 3. The van der Waals surface area contributed by atoms with Crippen LogP contribution in [0.5, 0.6) is 5.75 Å². The number of hydrogen-bond acceptors (Lipinski definition) is 4. The molecule has 2 rings (SSSR count). The average molecular weight is 264 g/mol. The number of rotatable bonds is 3. The molecule has 2 aromatic rings. The van der Waals surface area contributed by atoms with Gasteiger partial charge in [-0.15, -0.1) is 0 Å². The third-order valence-corrected chi connectivity index (χ3v) is 3.76. The SMILES string of the molecule is Nc1c(O)cccc1NS(=O)(=O)c1ccccc1. The van der Waals surface area contributed by atoms with Crippen molar-refractivity contribution in [2.45, 2.75) is 4.90 Å². The van der Waals surface area contributed by atoms with Gasteiger partial charge in [0.25, 0.3) is 10.0 Å². The molecule has 18 heavy (non-hydrogen) atoms. The van der Waals surface area contributed by atoms with E-state index >= 15 is 0 Å². The van der Waals surface area contributed by atoms with E-state index in [1.807, 2.05) is 0 Å². The fraction of sp³-hybridized carbons (Fsp3) is 0. The summed E-state index contributed by atoms with van der Waals surface area (Å²) in [6.45, 7) is 0.